The Hall–Kier alpha value is -3.38. The molecule has 4 fully saturated rings. The SMILES string of the molecule is CC(C)(C)OC(=O)N(CC(=O)N1CCC(N2CC3CCC(C2)O3)CC1)[C@@H]1C[C@H]1c1cc(F)cc(F)c1OCc1cccnc1F. The zero-order valence-electron chi connectivity index (χ0n) is 26.0. The Morgan fingerprint density at radius 3 is 2.44 bits per heavy atom. The van der Waals surface area contributed by atoms with Crippen LogP contribution in [0.15, 0.2) is 30.5 Å². The molecule has 1 aromatic carbocycles. The van der Waals surface area contributed by atoms with Crippen molar-refractivity contribution >= 4 is 12.0 Å². The number of likely N-dealkylation sites (tertiary alicyclic amines) is 2. The fourth-order valence-electron chi connectivity index (χ4n) is 6.85. The van der Waals surface area contributed by atoms with Crippen molar-refractivity contribution in [2.75, 3.05) is 32.7 Å². The number of aromatic nitrogens is 1. The number of halogens is 3. The number of rotatable bonds is 8. The number of hydrogen-bond acceptors (Lipinski definition) is 7. The fourth-order valence-corrected chi connectivity index (χ4v) is 6.85. The van der Waals surface area contributed by atoms with Gasteiger partial charge < -0.3 is 19.1 Å². The van der Waals surface area contributed by atoms with Crippen LogP contribution in [0.25, 0.3) is 0 Å². The second kappa shape index (κ2) is 12.8. The van der Waals surface area contributed by atoms with Gasteiger partial charge in [0.2, 0.25) is 11.9 Å². The molecule has 1 aliphatic carbocycles. The van der Waals surface area contributed by atoms with Crippen LogP contribution in [-0.4, -0.2) is 94.3 Å². The summed E-state index contributed by atoms with van der Waals surface area (Å²) in [5.41, 5.74) is -0.487. The highest BCUT2D eigenvalue weighted by Gasteiger charge is 2.49. The average molecular weight is 631 g/mol. The van der Waals surface area contributed by atoms with Crippen LogP contribution in [0.3, 0.4) is 0 Å². The van der Waals surface area contributed by atoms with Crippen LogP contribution < -0.4 is 4.74 Å². The average Bonchev–Trinajstić information content (AvgIpc) is 3.70. The zero-order valence-corrected chi connectivity index (χ0v) is 26.0. The second-order valence-electron chi connectivity index (χ2n) is 13.6. The molecule has 0 radical (unpaired) electrons. The van der Waals surface area contributed by atoms with Gasteiger partial charge in [-0.15, -0.1) is 0 Å². The largest absolute Gasteiger partial charge is 0.485 e. The lowest BCUT2D eigenvalue weighted by Crippen LogP contribution is -2.54. The maximum absolute atomic E-state index is 15.0. The minimum absolute atomic E-state index is 0.116. The van der Waals surface area contributed by atoms with Crippen LogP contribution in [0.5, 0.6) is 5.75 Å². The van der Waals surface area contributed by atoms with Crippen molar-refractivity contribution in [1.29, 1.82) is 0 Å². The van der Waals surface area contributed by atoms with Gasteiger partial charge in [-0.05, 0) is 71.1 Å². The number of morpholine rings is 1. The van der Waals surface area contributed by atoms with E-state index in [-0.39, 0.29) is 35.9 Å². The van der Waals surface area contributed by atoms with Crippen molar-refractivity contribution in [3.8, 4) is 5.75 Å². The molecule has 3 aliphatic heterocycles. The third-order valence-electron chi connectivity index (χ3n) is 9.14. The van der Waals surface area contributed by atoms with E-state index in [1.54, 1.807) is 25.7 Å². The number of benzene rings is 1. The van der Waals surface area contributed by atoms with Crippen LogP contribution in [0.2, 0.25) is 0 Å². The van der Waals surface area contributed by atoms with E-state index in [1.165, 1.54) is 29.3 Å². The second-order valence-corrected chi connectivity index (χ2v) is 13.6. The molecule has 2 amide bonds. The van der Waals surface area contributed by atoms with Gasteiger partial charge in [-0.3, -0.25) is 14.6 Å². The van der Waals surface area contributed by atoms with Crippen LogP contribution in [0.1, 0.15) is 69.9 Å². The molecule has 1 aromatic heterocycles. The molecule has 45 heavy (non-hydrogen) atoms. The molecule has 2 bridgehead atoms. The molecule has 4 atom stereocenters. The van der Waals surface area contributed by atoms with E-state index in [2.05, 4.69) is 9.88 Å². The zero-order chi connectivity index (χ0) is 31.9. The molecule has 0 spiro atoms. The molecule has 2 aromatic rings. The van der Waals surface area contributed by atoms with E-state index in [4.69, 9.17) is 14.2 Å². The molecular formula is C33H41F3N4O5. The summed E-state index contributed by atoms with van der Waals surface area (Å²) in [6.45, 7) is 7.74. The van der Waals surface area contributed by atoms with Crippen molar-refractivity contribution in [3.63, 3.8) is 0 Å². The number of fused-ring (bicyclic) bond motifs is 2. The predicted molar refractivity (Wildman–Crippen MR) is 158 cm³/mol. The molecule has 0 N–H and O–H groups in total. The highest BCUT2D eigenvalue weighted by Crippen LogP contribution is 2.49. The predicted octanol–water partition coefficient (Wildman–Crippen LogP) is 5.03. The normalized spacial score (nSPS) is 25.2. The van der Waals surface area contributed by atoms with Gasteiger partial charge in [0.15, 0.2) is 11.6 Å². The number of carbonyl (C=O) groups is 2. The molecule has 244 valence electrons. The van der Waals surface area contributed by atoms with Crippen molar-refractivity contribution in [3.05, 3.63) is 59.2 Å². The van der Waals surface area contributed by atoms with Crippen molar-refractivity contribution < 1.29 is 37.0 Å². The topological polar surface area (TPSA) is 84.4 Å². The minimum atomic E-state index is -0.934. The van der Waals surface area contributed by atoms with E-state index in [0.29, 0.717) is 43.8 Å². The smallest absolute Gasteiger partial charge is 0.411 e. The molecule has 4 heterocycles. The van der Waals surface area contributed by atoms with Gasteiger partial charge in [-0.2, -0.15) is 4.39 Å². The first-order chi connectivity index (χ1) is 21.4. The van der Waals surface area contributed by atoms with Crippen molar-refractivity contribution in [2.45, 2.75) is 95.3 Å². The number of nitrogens with zero attached hydrogens (tertiary/aromatic N) is 4. The summed E-state index contributed by atoms with van der Waals surface area (Å²) >= 11 is 0. The molecule has 6 rings (SSSR count). The van der Waals surface area contributed by atoms with Gasteiger partial charge in [-0.1, -0.05) is 0 Å². The van der Waals surface area contributed by atoms with Gasteiger partial charge in [-0.25, -0.2) is 18.6 Å². The monoisotopic (exact) mass is 630 g/mol. The van der Waals surface area contributed by atoms with Crippen LogP contribution in [0.4, 0.5) is 18.0 Å². The number of pyridine rings is 1. The highest BCUT2D eigenvalue weighted by atomic mass is 19.1. The number of amides is 2. The van der Waals surface area contributed by atoms with Crippen LogP contribution in [0, 0.1) is 17.6 Å². The maximum Gasteiger partial charge on any atom is 0.411 e. The number of piperidine rings is 1. The molecule has 9 nitrogen and oxygen atoms in total. The first-order valence-electron chi connectivity index (χ1n) is 15.8. The summed E-state index contributed by atoms with van der Waals surface area (Å²) < 4.78 is 60.9. The first-order valence-corrected chi connectivity index (χ1v) is 15.8. The lowest BCUT2D eigenvalue weighted by molar-refractivity contribution is -0.134. The molecule has 1 saturated carbocycles. The standard InChI is InChI=1S/C33H41F3N4O5/c1-33(2,3)45-32(42)40(18-29(41)38-11-8-22(9-12-38)39-16-23-6-7-24(17-39)44-23)28-15-25(28)26-13-21(34)14-27(35)30(26)43-19-20-5-4-10-37-31(20)36/h4-5,10,13-14,22-25,28H,6-9,11-12,15-19H2,1-3H3/t23?,24?,25-,28+/m0/s1. The van der Waals surface area contributed by atoms with E-state index >= 15 is 4.39 Å². The van der Waals surface area contributed by atoms with E-state index in [9.17, 15) is 18.4 Å². The first kappa shape index (κ1) is 31.6. The van der Waals surface area contributed by atoms with Gasteiger partial charge in [0, 0.05) is 67.6 Å². The number of hydrogen-bond donors (Lipinski definition) is 0. The third kappa shape index (κ3) is 7.38. The summed E-state index contributed by atoms with van der Waals surface area (Å²) in [6.07, 6.45) is 5.53. The number of carbonyl (C=O) groups excluding carboxylic acids is 2. The Balaban J connectivity index is 1.14. The van der Waals surface area contributed by atoms with Gasteiger partial charge in [0.1, 0.15) is 24.6 Å². The lowest BCUT2D eigenvalue weighted by Gasteiger charge is -2.42. The lowest BCUT2D eigenvalue weighted by atomic mass is 10.0. The van der Waals surface area contributed by atoms with Crippen molar-refractivity contribution in [1.82, 2.24) is 19.7 Å². The Morgan fingerprint density at radius 2 is 1.78 bits per heavy atom. The molecule has 3 saturated heterocycles. The van der Waals surface area contributed by atoms with Crippen LogP contribution in [-0.2, 0) is 20.9 Å². The van der Waals surface area contributed by atoms with Crippen molar-refractivity contribution in [2.24, 2.45) is 0 Å². The van der Waals surface area contributed by atoms with Gasteiger partial charge >= 0.3 is 6.09 Å². The van der Waals surface area contributed by atoms with E-state index in [1.807, 2.05) is 0 Å². The minimum Gasteiger partial charge on any atom is -0.485 e. The fraction of sp³-hybridized carbons (Fsp3) is 0.606. The highest BCUT2D eigenvalue weighted by molar-refractivity contribution is 5.83. The Labute approximate surface area is 261 Å². The molecular weight excluding hydrogens is 589 g/mol. The number of ether oxygens (including phenoxy) is 3. The summed E-state index contributed by atoms with van der Waals surface area (Å²) in [5, 5.41) is 0. The van der Waals surface area contributed by atoms with E-state index in [0.717, 1.165) is 38.8 Å². The third-order valence-corrected chi connectivity index (χ3v) is 9.14. The maximum atomic E-state index is 15.0. The quantitative estimate of drug-likeness (QED) is 0.379. The molecule has 12 heteroatoms. The van der Waals surface area contributed by atoms with Gasteiger partial charge in [0.25, 0.3) is 0 Å². The summed E-state index contributed by atoms with van der Waals surface area (Å²) in [4.78, 5) is 36.2. The Bertz CT molecular complexity index is 1400. The summed E-state index contributed by atoms with van der Waals surface area (Å²) in [7, 11) is 0. The summed E-state index contributed by atoms with van der Waals surface area (Å²) in [6, 6.07) is 4.73. The van der Waals surface area contributed by atoms with Gasteiger partial charge in [0.05, 0.1) is 12.2 Å². The van der Waals surface area contributed by atoms with E-state index < -0.39 is 41.2 Å². The summed E-state index contributed by atoms with van der Waals surface area (Å²) in [5.74, 6) is -3.41. The molecule has 4 aliphatic rings. The molecule has 2 unspecified atom stereocenters. The Kier molecular flexibility index (Phi) is 8.98. The Morgan fingerprint density at radius 1 is 1.07 bits per heavy atom. The van der Waals surface area contributed by atoms with Crippen LogP contribution >= 0.6 is 0 Å².